The van der Waals surface area contributed by atoms with E-state index in [1.54, 1.807) is 0 Å². The smallest absolute Gasteiger partial charge is 0.444 e. The fourth-order valence-electron chi connectivity index (χ4n) is 3.73. The highest BCUT2D eigenvalue weighted by molar-refractivity contribution is 6.62. The van der Waals surface area contributed by atoms with Crippen LogP contribution in [0.3, 0.4) is 0 Å². The number of alkyl carbamates (subject to hydrolysis) is 1. The van der Waals surface area contributed by atoms with E-state index >= 15 is 0 Å². The molecule has 1 heterocycles. The molecule has 0 bridgehead atoms. The molecule has 1 aromatic rings. The summed E-state index contributed by atoms with van der Waals surface area (Å²) in [7, 11) is -0.365. The molecular formula is C22H34BNO4. The third kappa shape index (κ3) is 4.55. The van der Waals surface area contributed by atoms with E-state index in [0.29, 0.717) is 0 Å². The highest BCUT2D eigenvalue weighted by atomic mass is 16.7. The van der Waals surface area contributed by atoms with Gasteiger partial charge in [-0.05, 0) is 84.3 Å². The fraction of sp³-hybridized carbons (Fsp3) is 0.682. The first-order valence-corrected chi connectivity index (χ1v) is 10.4. The lowest BCUT2D eigenvalue weighted by Crippen LogP contribution is -2.41. The maximum Gasteiger partial charge on any atom is 0.494 e. The number of carbonyl (C=O) groups is 1. The summed E-state index contributed by atoms with van der Waals surface area (Å²) < 4.78 is 17.9. The summed E-state index contributed by atoms with van der Waals surface area (Å²) in [4.78, 5) is 12.3. The standard InChI is InChI=1S/C22H34BNO4/c1-20(2,3)26-19(25)24-18-11-9-8-10-15-14-16(12-13-17(15)18)23-27-21(4,5)22(6,7)28-23/h12-14,18H,8-11H2,1-7H3,(H,24,25)/t18-/m0/s1. The number of fused-ring (bicyclic) bond motifs is 1. The van der Waals surface area contributed by atoms with Crippen molar-refractivity contribution in [2.45, 2.75) is 97.0 Å². The average Bonchev–Trinajstić information content (AvgIpc) is 2.68. The molecule has 0 unspecified atom stereocenters. The minimum Gasteiger partial charge on any atom is -0.444 e. The molecule has 1 aliphatic heterocycles. The highest BCUT2D eigenvalue weighted by Gasteiger charge is 2.51. The van der Waals surface area contributed by atoms with Crippen molar-refractivity contribution in [1.82, 2.24) is 5.32 Å². The van der Waals surface area contributed by atoms with Crippen LogP contribution in [0.4, 0.5) is 4.79 Å². The molecule has 0 spiro atoms. The van der Waals surface area contributed by atoms with Gasteiger partial charge in [-0.15, -0.1) is 0 Å². The topological polar surface area (TPSA) is 56.8 Å². The third-order valence-electron chi connectivity index (χ3n) is 5.95. The molecule has 1 fully saturated rings. The predicted octanol–water partition coefficient (Wildman–Crippen LogP) is 4.28. The molecule has 0 saturated carbocycles. The highest BCUT2D eigenvalue weighted by Crippen LogP contribution is 2.37. The molecule has 0 aromatic heterocycles. The number of amides is 1. The number of ether oxygens (including phenoxy) is 1. The summed E-state index contributed by atoms with van der Waals surface area (Å²) in [5.74, 6) is 0. The fourth-order valence-corrected chi connectivity index (χ4v) is 3.73. The molecule has 1 amide bonds. The maximum atomic E-state index is 12.3. The van der Waals surface area contributed by atoms with Crippen LogP contribution in [-0.2, 0) is 20.5 Å². The Bertz CT molecular complexity index is 723. The van der Waals surface area contributed by atoms with Gasteiger partial charge in [-0.25, -0.2) is 4.79 Å². The van der Waals surface area contributed by atoms with Crippen LogP contribution in [0.2, 0.25) is 0 Å². The number of hydrogen-bond acceptors (Lipinski definition) is 4. The number of hydrogen-bond donors (Lipinski definition) is 1. The summed E-state index contributed by atoms with van der Waals surface area (Å²) in [5, 5.41) is 3.06. The molecule has 154 valence electrons. The van der Waals surface area contributed by atoms with Crippen molar-refractivity contribution in [3.8, 4) is 0 Å². The first-order chi connectivity index (χ1) is 12.9. The number of nitrogens with one attached hydrogen (secondary N) is 1. The van der Waals surface area contributed by atoms with Crippen molar-refractivity contribution < 1.29 is 18.8 Å². The van der Waals surface area contributed by atoms with Crippen molar-refractivity contribution in [2.24, 2.45) is 0 Å². The third-order valence-corrected chi connectivity index (χ3v) is 5.95. The van der Waals surface area contributed by atoms with Crippen molar-refractivity contribution in [3.63, 3.8) is 0 Å². The first kappa shape index (κ1) is 21.2. The Labute approximate surface area is 169 Å². The van der Waals surface area contributed by atoms with Gasteiger partial charge in [-0.2, -0.15) is 0 Å². The van der Waals surface area contributed by atoms with Gasteiger partial charge in [-0.3, -0.25) is 0 Å². The van der Waals surface area contributed by atoms with Crippen molar-refractivity contribution >= 4 is 18.7 Å². The Morgan fingerprint density at radius 1 is 1.14 bits per heavy atom. The Balaban J connectivity index is 1.81. The summed E-state index contributed by atoms with van der Waals surface area (Å²) >= 11 is 0. The zero-order valence-corrected chi connectivity index (χ0v) is 18.3. The van der Waals surface area contributed by atoms with Gasteiger partial charge in [0, 0.05) is 0 Å². The molecule has 5 nitrogen and oxygen atoms in total. The quantitative estimate of drug-likeness (QED) is 0.608. The maximum absolute atomic E-state index is 12.3. The van der Waals surface area contributed by atoms with E-state index in [9.17, 15) is 4.79 Å². The molecule has 1 N–H and O–H groups in total. The monoisotopic (exact) mass is 387 g/mol. The van der Waals surface area contributed by atoms with E-state index in [1.807, 2.05) is 20.8 Å². The predicted molar refractivity (Wildman–Crippen MR) is 112 cm³/mol. The summed E-state index contributed by atoms with van der Waals surface area (Å²) in [6, 6.07) is 6.34. The van der Waals surface area contributed by atoms with Gasteiger partial charge in [0.2, 0.25) is 0 Å². The zero-order valence-electron chi connectivity index (χ0n) is 18.3. The summed E-state index contributed by atoms with van der Waals surface area (Å²) in [6.45, 7) is 13.9. The second kappa shape index (κ2) is 7.38. The van der Waals surface area contributed by atoms with E-state index < -0.39 is 5.60 Å². The van der Waals surface area contributed by atoms with Crippen molar-refractivity contribution in [2.75, 3.05) is 0 Å². The number of benzene rings is 1. The summed E-state index contributed by atoms with van der Waals surface area (Å²) in [5.41, 5.74) is 2.25. The van der Waals surface area contributed by atoms with Crippen LogP contribution in [0, 0.1) is 0 Å². The van der Waals surface area contributed by atoms with Gasteiger partial charge < -0.3 is 19.4 Å². The molecule has 3 rings (SSSR count). The molecule has 6 heteroatoms. The van der Waals surface area contributed by atoms with Gasteiger partial charge >= 0.3 is 13.2 Å². The minimum absolute atomic E-state index is 0.0281. The van der Waals surface area contributed by atoms with Gasteiger partial charge in [0.15, 0.2) is 0 Å². The zero-order chi connectivity index (χ0) is 20.7. The lowest BCUT2D eigenvalue weighted by Gasteiger charge is -2.32. The Morgan fingerprint density at radius 3 is 2.39 bits per heavy atom. The van der Waals surface area contributed by atoms with Crippen LogP contribution in [0.15, 0.2) is 18.2 Å². The van der Waals surface area contributed by atoms with Gasteiger partial charge in [0.05, 0.1) is 17.2 Å². The lowest BCUT2D eigenvalue weighted by molar-refractivity contribution is 0.00578. The van der Waals surface area contributed by atoms with Gasteiger partial charge in [0.1, 0.15) is 5.60 Å². The molecule has 1 aliphatic carbocycles. The van der Waals surface area contributed by atoms with Crippen LogP contribution < -0.4 is 10.8 Å². The molecule has 0 radical (unpaired) electrons. The minimum atomic E-state index is -0.502. The Morgan fingerprint density at radius 2 is 1.79 bits per heavy atom. The molecule has 1 saturated heterocycles. The van der Waals surface area contributed by atoms with Crippen molar-refractivity contribution in [3.05, 3.63) is 29.3 Å². The molecule has 28 heavy (non-hydrogen) atoms. The molecular weight excluding hydrogens is 353 g/mol. The summed E-state index contributed by atoms with van der Waals surface area (Å²) in [6.07, 6.45) is 3.73. The molecule has 1 aromatic carbocycles. The van der Waals surface area contributed by atoms with Gasteiger partial charge in [0.25, 0.3) is 0 Å². The molecule has 1 atom stereocenters. The largest absolute Gasteiger partial charge is 0.494 e. The van der Waals surface area contributed by atoms with E-state index in [0.717, 1.165) is 31.1 Å². The van der Waals surface area contributed by atoms with Crippen molar-refractivity contribution in [1.29, 1.82) is 0 Å². The Hall–Kier alpha value is -1.53. The van der Waals surface area contributed by atoms with Crippen LogP contribution in [0.1, 0.15) is 84.9 Å². The van der Waals surface area contributed by atoms with E-state index in [-0.39, 0.29) is 30.5 Å². The number of rotatable bonds is 2. The normalized spacial score (nSPS) is 23.7. The first-order valence-electron chi connectivity index (χ1n) is 10.4. The lowest BCUT2D eigenvalue weighted by atomic mass is 9.77. The number of carbonyl (C=O) groups excluding carboxylic acids is 1. The van der Waals surface area contributed by atoms with E-state index in [4.69, 9.17) is 14.0 Å². The molecule has 2 aliphatic rings. The second-order valence-electron chi connectivity index (χ2n) is 9.99. The van der Waals surface area contributed by atoms with Crippen LogP contribution in [0.5, 0.6) is 0 Å². The second-order valence-corrected chi connectivity index (χ2v) is 9.99. The van der Waals surface area contributed by atoms with E-state index in [1.165, 1.54) is 11.1 Å². The number of aryl methyl sites for hydroxylation is 1. The SMILES string of the molecule is CC(C)(C)OC(=O)N[C@H]1CCCCc2cc(B3OC(C)(C)C(C)(C)O3)ccc21. The average molecular weight is 387 g/mol. The van der Waals surface area contributed by atoms with E-state index in [2.05, 4.69) is 51.2 Å². The van der Waals surface area contributed by atoms with Crippen LogP contribution in [-0.4, -0.2) is 30.0 Å². The Kier molecular flexibility index (Phi) is 5.58. The van der Waals surface area contributed by atoms with Crippen LogP contribution >= 0.6 is 0 Å². The van der Waals surface area contributed by atoms with Crippen LogP contribution in [0.25, 0.3) is 0 Å². The van der Waals surface area contributed by atoms with Gasteiger partial charge in [-0.1, -0.05) is 24.6 Å².